The van der Waals surface area contributed by atoms with Crippen molar-refractivity contribution in [3.05, 3.63) is 24.3 Å². The van der Waals surface area contributed by atoms with Gasteiger partial charge in [0.1, 0.15) is 5.75 Å². The summed E-state index contributed by atoms with van der Waals surface area (Å²) < 4.78 is 43.4. The molecule has 0 aromatic heterocycles. The Morgan fingerprint density at radius 1 is 1.29 bits per heavy atom. The van der Waals surface area contributed by atoms with Crippen LogP contribution >= 0.6 is 12.0 Å². The maximum Gasteiger partial charge on any atom is 0.533 e. The van der Waals surface area contributed by atoms with Crippen molar-refractivity contribution < 1.29 is 22.1 Å². The van der Waals surface area contributed by atoms with E-state index in [0.29, 0.717) is 10.6 Å². The van der Waals surface area contributed by atoms with Crippen LogP contribution in [0.1, 0.15) is 0 Å². The number of ether oxygens (including phenoxy) is 1. The quantitative estimate of drug-likeness (QED) is 0.734. The minimum absolute atomic E-state index is 0.252. The van der Waals surface area contributed by atoms with Crippen LogP contribution in [-0.2, 0) is 4.18 Å². The molecule has 0 N–H and O–H groups in total. The van der Waals surface area contributed by atoms with Crippen molar-refractivity contribution >= 4 is 12.0 Å². The molecule has 0 amide bonds. The summed E-state index contributed by atoms with van der Waals surface area (Å²) in [4.78, 5) is 0.335. The van der Waals surface area contributed by atoms with E-state index in [1.165, 1.54) is 19.2 Å². The molecule has 14 heavy (non-hydrogen) atoms. The van der Waals surface area contributed by atoms with Gasteiger partial charge in [-0.15, -0.1) is 13.2 Å². The molecule has 0 spiro atoms. The third kappa shape index (κ3) is 3.89. The molecule has 0 aliphatic rings. The van der Waals surface area contributed by atoms with Gasteiger partial charge < -0.3 is 4.74 Å². The molecule has 2 nitrogen and oxygen atoms in total. The van der Waals surface area contributed by atoms with Crippen molar-refractivity contribution in [3.63, 3.8) is 0 Å². The average molecular weight is 224 g/mol. The maximum absolute atomic E-state index is 11.6. The van der Waals surface area contributed by atoms with Gasteiger partial charge in [-0.05, 0) is 18.2 Å². The lowest BCUT2D eigenvalue weighted by Gasteiger charge is -2.06. The molecule has 1 aromatic carbocycles. The normalized spacial score (nSPS) is 11.4. The standard InChI is InChI=1S/C8H7F3O2S/c1-12-6-3-2-4-7(5-6)14-13-8(9,10)11/h2-5H,1H3. The molecule has 0 fully saturated rings. The Balaban J connectivity index is 2.59. The Morgan fingerprint density at radius 3 is 2.57 bits per heavy atom. The number of alkyl halides is 3. The van der Waals surface area contributed by atoms with E-state index in [4.69, 9.17) is 4.74 Å². The molecule has 1 rings (SSSR count). The smallest absolute Gasteiger partial charge is 0.497 e. The summed E-state index contributed by atoms with van der Waals surface area (Å²) in [6.45, 7) is 0. The van der Waals surface area contributed by atoms with Crippen LogP contribution in [0.15, 0.2) is 29.2 Å². The van der Waals surface area contributed by atoms with E-state index < -0.39 is 6.36 Å². The molecule has 0 aliphatic heterocycles. The highest BCUT2D eigenvalue weighted by atomic mass is 32.2. The fourth-order valence-electron chi connectivity index (χ4n) is 0.748. The summed E-state index contributed by atoms with van der Waals surface area (Å²) in [5.41, 5.74) is 0. The first-order valence-electron chi connectivity index (χ1n) is 3.58. The third-order valence-corrected chi connectivity index (χ3v) is 1.99. The summed E-state index contributed by atoms with van der Waals surface area (Å²) in [6, 6.07) is 6.17. The average Bonchev–Trinajstić information content (AvgIpc) is 2.14. The molecular formula is C8H7F3O2S. The van der Waals surface area contributed by atoms with Gasteiger partial charge in [0.15, 0.2) is 0 Å². The second-order valence-electron chi connectivity index (χ2n) is 2.29. The summed E-state index contributed by atoms with van der Waals surface area (Å²) >= 11 is 0.252. The van der Waals surface area contributed by atoms with Gasteiger partial charge in [0.05, 0.1) is 7.11 Å². The first kappa shape index (κ1) is 11.2. The maximum atomic E-state index is 11.6. The van der Waals surface area contributed by atoms with E-state index in [9.17, 15) is 13.2 Å². The van der Waals surface area contributed by atoms with Gasteiger partial charge in [0.2, 0.25) is 0 Å². The molecule has 6 heteroatoms. The van der Waals surface area contributed by atoms with Crippen molar-refractivity contribution in [1.82, 2.24) is 0 Å². The lowest BCUT2D eigenvalue weighted by molar-refractivity contribution is -0.266. The van der Waals surface area contributed by atoms with Gasteiger partial charge in [-0.1, -0.05) is 6.07 Å². The van der Waals surface area contributed by atoms with E-state index in [2.05, 4.69) is 4.18 Å². The lowest BCUT2D eigenvalue weighted by Crippen LogP contribution is -2.07. The van der Waals surface area contributed by atoms with Gasteiger partial charge >= 0.3 is 6.36 Å². The Bertz CT molecular complexity index is 301. The van der Waals surface area contributed by atoms with Crippen molar-refractivity contribution in [3.8, 4) is 5.75 Å². The zero-order valence-electron chi connectivity index (χ0n) is 7.17. The largest absolute Gasteiger partial charge is 0.533 e. The molecular weight excluding hydrogens is 217 g/mol. The fourth-order valence-corrected chi connectivity index (χ4v) is 1.24. The monoisotopic (exact) mass is 224 g/mol. The van der Waals surface area contributed by atoms with Crippen molar-refractivity contribution in [1.29, 1.82) is 0 Å². The number of rotatable bonds is 3. The molecule has 0 heterocycles. The van der Waals surface area contributed by atoms with Gasteiger partial charge in [-0.25, -0.2) is 4.18 Å². The van der Waals surface area contributed by atoms with Crippen molar-refractivity contribution in [2.75, 3.05) is 7.11 Å². The summed E-state index contributed by atoms with van der Waals surface area (Å²) in [7, 11) is 1.44. The molecule has 1 aromatic rings. The highest BCUT2D eigenvalue weighted by Gasteiger charge is 2.30. The molecule has 78 valence electrons. The zero-order valence-corrected chi connectivity index (χ0v) is 7.98. The Hall–Kier alpha value is -0.880. The van der Waals surface area contributed by atoms with Crippen molar-refractivity contribution in [2.24, 2.45) is 0 Å². The van der Waals surface area contributed by atoms with Crippen LogP contribution in [0, 0.1) is 0 Å². The van der Waals surface area contributed by atoms with Crippen LogP contribution in [0.2, 0.25) is 0 Å². The SMILES string of the molecule is COc1cccc(SOC(F)(F)F)c1. The molecule has 0 unspecified atom stereocenters. The Labute approximate surface area is 83.2 Å². The second kappa shape index (κ2) is 4.56. The molecule has 0 radical (unpaired) electrons. The number of hydrogen-bond acceptors (Lipinski definition) is 3. The lowest BCUT2D eigenvalue weighted by atomic mass is 10.3. The van der Waals surface area contributed by atoms with E-state index >= 15 is 0 Å². The molecule has 0 atom stereocenters. The Morgan fingerprint density at radius 2 is 2.00 bits per heavy atom. The number of halogens is 3. The first-order valence-corrected chi connectivity index (χ1v) is 4.32. The summed E-state index contributed by atoms with van der Waals surface area (Å²) in [6.07, 6.45) is -4.63. The third-order valence-electron chi connectivity index (χ3n) is 1.27. The zero-order chi connectivity index (χ0) is 10.6. The van der Waals surface area contributed by atoms with E-state index in [1.54, 1.807) is 12.1 Å². The van der Waals surface area contributed by atoms with Gasteiger partial charge in [-0.3, -0.25) is 0 Å². The van der Waals surface area contributed by atoms with Crippen LogP contribution in [0.4, 0.5) is 13.2 Å². The predicted octanol–water partition coefficient (Wildman–Crippen LogP) is 3.24. The first-order chi connectivity index (χ1) is 6.51. The minimum atomic E-state index is -4.63. The van der Waals surface area contributed by atoms with E-state index in [-0.39, 0.29) is 12.0 Å². The fraction of sp³-hybridized carbons (Fsp3) is 0.250. The summed E-state index contributed by atoms with van der Waals surface area (Å²) in [5, 5.41) is 0. The summed E-state index contributed by atoms with van der Waals surface area (Å²) in [5.74, 6) is 0.487. The molecule has 0 saturated carbocycles. The van der Waals surface area contributed by atoms with Gasteiger partial charge in [0, 0.05) is 16.9 Å². The highest BCUT2D eigenvalue weighted by Crippen LogP contribution is 2.30. The van der Waals surface area contributed by atoms with Crippen LogP contribution in [0.5, 0.6) is 5.75 Å². The molecule has 0 bridgehead atoms. The van der Waals surface area contributed by atoms with Gasteiger partial charge in [-0.2, -0.15) is 0 Å². The number of benzene rings is 1. The van der Waals surface area contributed by atoms with Crippen LogP contribution in [-0.4, -0.2) is 13.5 Å². The van der Waals surface area contributed by atoms with Crippen molar-refractivity contribution in [2.45, 2.75) is 11.3 Å². The molecule has 0 aliphatic carbocycles. The minimum Gasteiger partial charge on any atom is -0.497 e. The van der Waals surface area contributed by atoms with Crippen LogP contribution in [0.25, 0.3) is 0 Å². The van der Waals surface area contributed by atoms with Gasteiger partial charge in [0.25, 0.3) is 0 Å². The number of hydrogen-bond donors (Lipinski definition) is 0. The topological polar surface area (TPSA) is 18.5 Å². The molecule has 0 saturated heterocycles. The van der Waals surface area contributed by atoms with E-state index in [0.717, 1.165) is 0 Å². The second-order valence-corrected chi connectivity index (χ2v) is 3.10. The van der Waals surface area contributed by atoms with E-state index in [1.807, 2.05) is 0 Å². The predicted molar refractivity (Wildman–Crippen MR) is 46.0 cm³/mol. The number of methoxy groups -OCH3 is 1. The highest BCUT2D eigenvalue weighted by molar-refractivity contribution is 7.94. The van der Waals surface area contributed by atoms with Crippen LogP contribution in [0.3, 0.4) is 0 Å². The Kier molecular flexibility index (Phi) is 3.65. The van der Waals surface area contributed by atoms with Crippen LogP contribution < -0.4 is 4.74 Å².